The molecule has 2 aliphatic rings. The van der Waals surface area contributed by atoms with Gasteiger partial charge in [0.15, 0.2) is 5.17 Å². The number of aliphatic imine (C=N–C) groups is 1. The van der Waals surface area contributed by atoms with Crippen LogP contribution in [0.5, 0.6) is 0 Å². The number of amidine groups is 1. The maximum Gasteiger partial charge on any atom is 0.286 e. The predicted octanol–water partition coefficient (Wildman–Crippen LogP) is 5.06. The monoisotopic (exact) mass is 372 g/mol. The lowest BCUT2D eigenvalue weighted by Gasteiger charge is -2.27. The number of piperidine rings is 1. The molecular formula is C19H17ClN2O2S. The van der Waals surface area contributed by atoms with Crippen LogP contribution in [0.4, 0.5) is 0 Å². The first-order valence-corrected chi connectivity index (χ1v) is 9.52. The van der Waals surface area contributed by atoms with Gasteiger partial charge in [-0.3, -0.25) is 4.79 Å². The van der Waals surface area contributed by atoms with Crippen LogP contribution in [-0.4, -0.2) is 29.1 Å². The van der Waals surface area contributed by atoms with Crippen LogP contribution in [0.3, 0.4) is 0 Å². The van der Waals surface area contributed by atoms with Gasteiger partial charge in [-0.25, -0.2) is 0 Å². The van der Waals surface area contributed by atoms with E-state index in [-0.39, 0.29) is 5.91 Å². The highest BCUT2D eigenvalue weighted by molar-refractivity contribution is 8.18. The number of carbonyl (C=O) groups is 1. The van der Waals surface area contributed by atoms with E-state index in [1.165, 1.54) is 18.2 Å². The molecule has 1 aromatic carbocycles. The summed E-state index contributed by atoms with van der Waals surface area (Å²) in [6, 6.07) is 11.2. The van der Waals surface area contributed by atoms with Crippen molar-refractivity contribution in [3.8, 4) is 11.3 Å². The molecule has 1 fully saturated rings. The van der Waals surface area contributed by atoms with Gasteiger partial charge < -0.3 is 9.32 Å². The molecule has 1 amide bonds. The molecule has 25 heavy (non-hydrogen) atoms. The predicted molar refractivity (Wildman–Crippen MR) is 103 cm³/mol. The smallest absolute Gasteiger partial charge is 0.286 e. The number of carbonyl (C=O) groups excluding carboxylic acids is 1. The summed E-state index contributed by atoms with van der Waals surface area (Å²) in [7, 11) is 0. The number of benzene rings is 1. The number of furan rings is 1. The summed E-state index contributed by atoms with van der Waals surface area (Å²) in [5, 5.41) is 1.48. The average molecular weight is 373 g/mol. The van der Waals surface area contributed by atoms with Gasteiger partial charge in [0.25, 0.3) is 5.91 Å². The van der Waals surface area contributed by atoms with Crippen molar-refractivity contribution < 1.29 is 9.21 Å². The van der Waals surface area contributed by atoms with E-state index >= 15 is 0 Å². The number of amides is 1. The van der Waals surface area contributed by atoms with Gasteiger partial charge in [-0.2, -0.15) is 4.99 Å². The highest BCUT2D eigenvalue weighted by Crippen LogP contribution is 2.33. The van der Waals surface area contributed by atoms with Gasteiger partial charge in [0.2, 0.25) is 0 Å². The molecule has 6 heteroatoms. The molecule has 0 radical (unpaired) electrons. The van der Waals surface area contributed by atoms with E-state index in [1.54, 1.807) is 6.08 Å². The van der Waals surface area contributed by atoms with Gasteiger partial charge >= 0.3 is 0 Å². The van der Waals surface area contributed by atoms with E-state index in [9.17, 15) is 4.79 Å². The Labute approximate surface area is 155 Å². The van der Waals surface area contributed by atoms with Crippen LogP contribution < -0.4 is 0 Å². The van der Waals surface area contributed by atoms with Crippen molar-refractivity contribution in [2.24, 2.45) is 4.99 Å². The third kappa shape index (κ3) is 3.67. The van der Waals surface area contributed by atoms with E-state index in [1.807, 2.05) is 36.4 Å². The molecule has 2 aromatic rings. The Bertz CT molecular complexity index is 866. The quantitative estimate of drug-likeness (QED) is 0.691. The third-order valence-electron chi connectivity index (χ3n) is 4.25. The standard InChI is InChI=1S/C19H17ClN2O2S/c20-14-6-4-5-13(11-14)16-8-7-15(24-16)12-17-18(23)21-19(25-17)22-9-2-1-3-10-22/h4-8,11-12H,1-3,9-10H2/b17-12+. The second kappa shape index (κ2) is 7.10. The van der Waals surface area contributed by atoms with Crippen molar-refractivity contribution in [3.05, 3.63) is 52.1 Å². The molecule has 1 saturated heterocycles. The number of halogens is 1. The molecule has 0 unspecified atom stereocenters. The van der Waals surface area contributed by atoms with E-state index in [2.05, 4.69) is 9.89 Å². The lowest BCUT2D eigenvalue weighted by molar-refractivity contribution is -0.113. The Morgan fingerprint density at radius 2 is 2.00 bits per heavy atom. The first-order chi connectivity index (χ1) is 12.2. The Morgan fingerprint density at radius 3 is 2.80 bits per heavy atom. The summed E-state index contributed by atoms with van der Waals surface area (Å²) in [5.74, 6) is 1.18. The lowest BCUT2D eigenvalue weighted by atomic mass is 10.1. The third-order valence-corrected chi connectivity index (χ3v) is 5.52. The van der Waals surface area contributed by atoms with Crippen LogP contribution in [0.2, 0.25) is 5.02 Å². The summed E-state index contributed by atoms with van der Waals surface area (Å²) in [4.78, 5) is 19.2. The highest BCUT2D eigenvalue weighted by Gasteiger charge is 2.27. The maximum absolute atomic E-state index is 12.2. The average Bonchev–Trinajstić information content (AvgIpc) is 3.24. The van der Waals surface area contributed by atoms with E-state index in [0.29, 0.717) is 15.7 Å². The number of hydrogen-bond acceptors (Lipinski definition) is 4. The minimum atomic E-state index is -0.189. The highest BCUT2D eigenvalue weighted by atomic mass is 35.5. The molecule has 4 nitrogen and oxygen atoms in total. The van der Waals surface area contributed by atoms with Gasteiger partial charge in [-0.1, -0.05) is 23.7 Å². The number of nitrogens with zero attached hydrogens (tertiary/aromatic N) is 2. The first kappa shape index (κ1) is 16.5. The van der Waals surface area contributed by atoms with E-state index < -0.39 is 0 Å². The molecule has 1 aromatic heterocycles. The Balaban J connectivity index is 1.51. The van der Waals surface area contributed by atoms with Crippen LogP contribution in [0, 0.1) is 0 Å². The first-order valence-electron chi connectivity index (χ1n) is 8.32. The fraction of sp³-hybridized carbons (Fsp3) is 0.263. The van der Waals surface area contributed by atoms with Gasteiger partial charge in [0.05, 0.1) is 4.91 Å². The summed E-state index contributed by atoms with van der Waals surface area (Å²) in [6.45, 7) is 1.96. The molecule has 2 aliphatic heterocycles. The van der Waals surface area contributed by atoms with E-state index in [0.717, 1.165) is 42.4 Å². The molecule has 0 aliphatic carbocycles. The zero-order valence-electron chi connectivity index (χ0n) is 13.6. The molecule has 0 N–H and O–H groups in total. The second-order valence-corrected chi connectivity index (χ2v) is 7.52. The fourth-order valence-corrected chi connectivity index (χ4v) is 4.11. The summed E-state index contributed by atoms with van der Waals surface area (Å²) in [5.41, 5.74) is 0.910. The van der Waals surface area contributed by atoms with E-state index in [4.69, 9.17) is 16.0 Å². The molecule has 0 atom stereocenters. The van der Waals surface area contributed by atoms with Crippen LogP contribution in [0.1, 0.15) is 25.0 Å². The van der Waals surface area contributed by atoms with Crippen molar-refractivity contribution >= 4 is 40.5 Å². The van der Waals surface area contributed by atoms with Crippen molar-refractivity contribution in [1.29, 1.82) is 0 Å². The minimum absolute atomic E-state index is 0.189. The zero-order valence-corrected chi connectivity index (χ0v) is 15.1. The molecule has 4 rings (SSSR count). The molecule has 128 valence electrons. The summed E-state index contributed by atoms with van der Waals surface area (Å²) < 4.78 is 5.85. The normalized spacial score (nSPS) is 19.6. The molecule has 0 spiro atoms. The number of rotatable bonds is 2. The van der Waals surface area contributed by atoms with Crippen LogP contribution in [-0.2, 0) is 4.79 Å². The van der Waals surface area contributed by atoms with Crippen LogP contribution in [0.25, 0.3) is 17.4 Å². The Morgan fingerprint density at radius 1 is 1.16 bits per heavy atom. The second-order valence-electron chi connectivity index (χ2n) is 6.07. The summed E-state index contributed by atoms with van der Waals surface area (Å²) >= 11 is 7.46. The van der Waals surface area contributed by atoms with Crippen molar-refractivity contribution in [1.82, 2.24) is 4.90 Å². The van der Waals surface area contributed by atoms with Crippen molar-refractivity contribution in [2.75, 3.05) is 13.1 Å². The molecule has 0 saturated carbocycles. The van der Waals surface area contributed by atoms with Crippen molar-refractivity contribution in [2.45, 2.75) is 19.3 Å². The fourth-order valence-electron chi connectivity index (χ4n) is 2.97. The Kier molecular flexibility index (Phi) is 4.68. The molecule has 0 bridgehead atoms. The molecule has 3 heterocycles. The van der Waals surface area contributed by atoms with Crippen LogP contribution >= 0.6 is 23.4 Å². The Hall–Kier alpha value is -1.98. The number of thioether (sulfide) groups is 1. The van der Waals surface area contributed by atoms with Gasteiger partial charge in [0.1, 0.15) is 11.5 Å². The summed E-state index contributed by atoms with van der Waals surface area (Å²) in [6.07, 6.45) is 5.34. The lowest BCUT2D eigenvalue weighted by Crippen LogP contribution is -2.33. The van der Waals surface area contributed by atoms with Crippen LogP contribution in [0.15, 0.2) is 50.7 Å². The van der Waals surface area contributed by atoms with Gasteiger partial charge in [-0.15, -0.1) is 0 Å². The maximum atomic E-state index is 12.2. The number of hydrogen-bond donors (Lipinski definition) is 0. The van der Waals surface area contributed by atoms with Gasteiger partial charge in [0, 0.05) is 29.8 Å². The SMILES string of the molecule is O=C1N=C(N2CCCCC2)S/C1=C/c1ccc(-c2cccc(Cl)c2)o1. The minimum Gasteiger partial charge on any atom is -0.457 e. The van der Waals surface area contributed by atoms with Gasteiger partial charge in [-0.05, 0) is 55.3 Å². The largest absolute Gasteiger partial charge is 0.457 e. The van der Waals surface area contributed by atoms with Crippen molar-refractivity contribution in [3.63, 3.8) is 0 Å². The topological polar surface area (TPSA) is 45.8 Å². The molecular weight excluding hydrogens is 356 g/mol. The number of likely N-dealkylation sites (tertiary alicyclic amines) is 1. The zero-order chi connectivity index (χ0) is 17.2.